The topological polar surface area (TPSA) is 302 Å². The molecule has 0 aromatic carbocycles. The highest BCUT2D eigenvalue weighted by Gasteiger charge is 2.27. The first-order chi connectivity index (χ1) is 34.5. The number of rotatable bonds is 15. The minimum absolute atomic E-state index is 0.0562. The molecule has 0 radical (unpaired) electrons. The number of methoxy groups -OCH3 is 1. The summed E-state index contributed by atoms with van der Waals surface area (Å²) in [6, 6.07) is 2.01. The SMILES string of the molecule is CC(C)C(=O)OCOC(=O)C(C)(C)C.CC(OC(=O)C(C)C)OC(=O)C(C)(C)C.CC(OC(=O)OC1CCCCC1)OC(=O)C(C)C.COc1cncc(C(C)C)c1.Cc1oc(=O)oc1COC(=O)C(C)C.NC=O. The van der Waals surface area contributed by atoms with Crippen LogP contribution < -0.4 is 16.3 Å². The van der Waals surface area contributed by atoms with Crippen LogP contribution in [0.2, 0.25) is 0 Å². The van der Waals surface area contributed by atoms with E-state index in [1.807, 2.05) is 12.3 Å². The average Bonchev–Trinajstić information content (AvgIpc) is 3.64. The van der Waals surface area contributed by atoms with Crippen LogP contribution in [0.5, 0.6) is 5.75 Å². The second-order valence-electron chi connectivity index (χ2n) is 20.3. The number of pyridine rings is 1. The Bertz CT molecular complexity index is 2050. The van der Waals surface area contributed by atoms with E-state index in [0.717, 1.165) is 31.4 Å². The Kier molecular flexibility index (Phi) is 37.0. The van der Waals surface area contributed by atoms with Crippen molar-refractivity contribution in [2.24, 2.45) is 40.2 Å². The van der Waals surface area contributed by atoms with E-state index < -0.39 is 41.4 Å². The third-order valence-corrected chi connectivity index (χ3v) is 9.23. The van der Waals surface area contributed by atoms with Crippen LogP contribution in [-0.4, -0.2) is 86.0 Å². The molecule has 1 aliphatic carbocycles. The lowest BCUT2D eigenvalue weighted by Gasteiger charge is -2.22. The van der Waals surface area contributed by atoms with Gasteiger partial charge in [-0.3, -0.25) is 38.5 Å². The molecule has 0 saturated heterocycles. The molecule has 430 valence electrons. The van der Waals surface area contributed by atoms with Gasteiger partial charge in [0.2, 0.25) is 25.8 Å². The van der Waals surface area contributed by atoms with Gasteiger partial charge in [0.25, 0.3) is 0 Å². The van der Waals surface area contributed by atoms with Gasteiger partial charge in [-0.15, -0.1) is 0 Å². The molecule has 1 amide bonds. The van der Waals surface area contributed by atoms with Crippen molar-refractivity contribution < 1.29 is 89.8 Å². The fraction of sp³-hybridized carbons (Fsp3) is 0.698. The lowest BCUT2D eigenvalue weighted by atomic mass is 9.97. The van der Waals surface area contributed by atoms with Gasteiger partial charge in [0.15, 0.2) is 18.1 Å². The average molecular weight is 1070 g/mol. The van der Waals surface area contributed by atoms with Crippen LogP contribution in [0.15, 0.2) is 32.1 Å². The first-order valence-electron chi connectivity index (χ1n) is 24.8. The molecule has 0 spiro atoms. The van der Waals surface area contributed by atoms with Gasteiger partial charge in [-0.2, -0.15) is 0 Å². The van der Waals surface area contributed by atoms with Gasteiger partial charge in [-0.05, 0) is 91.7 Å². The Hall–Kier alpha value is -6.48. The Labute approximate surface area is 443 Å². The molecular weight excluding hydrogens is 985 g/mol. The number of aromatic nitrogens is 1. The maximum atomic E-state index is 11.4. The number of nitrogens with zero attached hydrogens (tertiary/aromatic N) is 1. The number of aryl methyl sites for hydroxylation is 1. The predicted molar refractivity (Wildman–Crippen MR) is 274 cm³/mol. The van der Waals surface area contributed by atoms with Gasteiger partial charge in [0.1, 0.15) is 11.9 Å². The Morgan fingerprint density at radius 3 is 1.51 bits per heavy atom. The number of carbonyl (C=O) groups excluding carboxylic acids is 8. The molecule has 2 N–H and O–H groups in total. The smallest absolute Gasteiger partial charge is 0.495 e. The Balaban J connectivity index is -0.000000858. The van der Waals surface area contributed by atoms with Crippen LogP contribution >= 0.6 is 0 Å². The molecule has 3 rings (SSSR count). The third kappa shape index (κ3) is 37.0. The van der Waals surface area contributed by atoms with Gasteiger partial charge in [0, 0.05) is 20.0 Å². The van der Waals surface area contributed by atoms with Crippen LogP contribution in [0.4, 0.5) is 4.79 Å². The molecule has 2 aromatic rings. The zero-order valence-corrected chi connectivity index (χ0v) is 48.1. The van der Waals surface area contributed by atoms with E-state index in [1.54, 1.807) is 117 Å². The van der Waals surface area contributed by atoms with Crippen LogP contribution in [0.1, 0.15) is 180 Å². The number of amides is 1. The van der Waals surface area contributed by atoms with Gasteiger partial charge in [0.05, 0.1) is 47.8 Å². The third-order valence-electron chi connectivity index (χ3n) is 9.23. The lowest BCUT2D eigenvalue weighted by Crippen LogP contribution is -2.30. The molecule has 1 fully saturated rings. The Morgan fingerprint density at radius 2 is 1.11 bits per heavy atom. The zero-order valence-electron chi connectivity index (χ0n) is 48.1. The van der Waals surface area contributed by atoms with Crippen molar-refractivity contribution in [1.29, 1.82) is 0 Å². The molecule has 1 saturated carbocycles. The van der Waals surface area contributed by atoms with Crippen molar-refractivity contribution in [3.05, 3.63) is 46.2 Å². The molecule has 0 bridgehead atoms. The van der Waals surface area contributed by atoms with E-state index in [0.29, 0.717) is 11.7 Å². The number of primary amides is 1. The molecule has 1 aliphatic rings. The largest absolute Gasteiger partial charge is 0.519 e. The maximum absolute atomic E-state index is 11.4. The first-order valence-corrected chi connectivity index (χ1v) is 24.8. The van der Waals surface area contributed by atoms with E-state index in [4.69, 9.17) is 42.7 Å². The van der Waals surface area contributed by atoms with E-state index in [-0.39, 0.29) is 85.2 Å². The number of ether oxygens (including phenoxy) is 9. The summed E-state index contributed by atoms with van der Waals surface area (Å²) in [6.07, 6.45) is 6.40. The second kappa shape index (κ2) is 38.1. The number of hydrogen-bond acceptors (Lipinski definition) is 21. The summed E-state index contributed by atoms with van der Waals surface area (Å²) in [5.41, 5.74) is 4.23. The van der Waals surface area contributed by atoms with Crippen molar-refractivity contribution in [1.82, 2.24) is 4.98 Å². The monoisotopic (exact) mass is 1070 g/mol. The van der Waals surface area contributed by atoms with Crippen molar-refractivity contribution in [2.75, 3.05) is 13.9 Å². The summed E-state index contributed by atoms with van der Waals surface area (Å²) in [7, 11) is 1.65. The number of carbonyl (C=O) groups is 8. The van der Waals surface area contributed by atoms with Crippen LogP contribution in [-0.2, 0) is 78.1 Å². The van der Waals surface area contributed by atoms with Crippen molar-refractivity contribution >= 4 is 48.4 Å². The molecule has 22 nitrogen and oxygen atoms in total. The molecule has 2 unspecified atom stereocenters. The fourth-order valence-corrected chi connectivity index (χ4v) is 4.65. The molecule has 2 atom stereocenters. The minimum atomic E-state index is -0.906. The molecule has 2 heterocycles. The molecular formula is C53H88N2O20. The van der Waals surface area contributed by atoms with Crippen molar-refractivity contribution in [2.45, 2.75) is 195 Å². The highest BCUT2D eigenvalue weighted by molar-refractivity contribution is 5.77. The summed E-state index contributed by atoms with van der Waals surface area (Å²) in [5.74, 6) is -1.95. The normalized spacial score (nSPS) is 12.8. The number of hydrogen-bond donors (Lipinski definition) is 1. The molecule has 2 aromatic heterocycles. The Morgan fingerprint density at radius 1 is 0.653 bits per heavy atom. The van der Waals surface area contributed by atoms with Crippen molar-refractivity contribution in [3.8, 4) is 5.75 Å². The summed E-state index contributed by atoms with van der Waals surface area (Å²) >= 11 is 0. The summed E-state index contributed by atoms with van der Waals surface area (Å²) in [5, 5.41) is 0. The van der Waals surface area contributed by atoms with Crippen molar-refractivity contribution in [3.63, 3.8) is 0 Å². The van der Waals surface area contributed by atoms with Gasteiger partial charge < -0.3 is 57.2 Å². The first kappa shape index (κ1) is 72.8. The van der Waals surface area contributed by atoms with Gasteiger partial charge >= 0.3 is 47.8 Å². The molecule has 22 heteroatoms. The predicted octanol–water partition coefficient (Wildman–Crippen LogP) is 9.43. The summed E-state index contributed by atoms with van der Waals surface area (Å²) in [6.45, 7) is 32.7. The van der Waals surface area contributed by atoms with Crippen LogP contribution in [0.25, 0.3) is 0 Å². The minimum Gasteiger partial charge on any atom is -0.495 e. The summed E-state index contributed by atoms with van der Waals surface area (Å²) < 4.78 is 53.3. The van der Waals surface area contributed by atoms with Gasteiger partial charge in [-0.25, -0.2) is 9.59 Å². The standard InChI is InChI=1S/C13H22O5.C11H20O4.C10H18O4.C9H13NO.C9H12O5.CH3NO/c1-9(2)12(14)16-10(3)17-13(15)18-11-7-5-4-6-8-11;1-7(2)9(12)14-8(3)15-10(13)11(4,5)6;1-7(2)8(11)13-6-14-9(12)10(3,4)5;1-7(2)8-4-9(11-3)6-10-5-8;1-5(2)8(10)12-4-7-6(3)13-9(11)14-7;2-1-3/h9-11H,4-8H2,1-3H3;7-8H,1-6H3;7H,6H2,1-5H3;4-7H,1-3H3;5H,4H2,1-3H3;1H,(H2,2,3). The van der Waals surface area contributed by atoms with E-state index in [9.17, 15) is 38.4 Å². The van der Waals surface area contributed by atoms with E-state index >= 15 is 0 Å². The van der Waals surface area contributed by atoms with Crippen LogP contribution in [0, 0.1) is 41.4 Å². The number of nitrogens with two attached hydrogens (primary N) is 1. The fourth-order valence-electron chi connectivity index (χ4n) is 4.65. The lowest BCUT2D eigenvalue weighted by molar-refractivity contribution is -0.192. The van der Waals surface area contributed by atoms with Crippen LogP contribution in [0.3, 0.4) is 0 Å². The number of esters is 6. The van der Waals surface area contributed by atoms with E-state index in [2.05, 4.69) is 38.1 Å². The van der Waals surface area contributed by atoms with Gasteiger partial charge in [-0.1, -0.05) is 75.7 Å². The molecule has 0 aliphatic heterocycles. The summed E-state index contributed by atoms with van der Waals surface area (Å²) in [4.78, 5) is 102. The molecule has 75 heavy (non-hydrogen) atoms. The van der Waals surface area contributed by atoms with E-state index in [1.165, 1.54) is 25.8 Å². The highest BCUT2D eigenvalue weighted by Crippen LogP contribution is 2.22. The highest BCUT2D eigenvalue weighted by atomic mass is 16.8. The second-order valence-corrected chi connectivity index (χ2v) is 20.3. The quantitative estimate of drug-likeness (QED) is 0.0751. The maximum Gasteiger partial charge on any atom is 0.519 e. The zero-order chi connectivity index (χ0) is 58.8.